The SMILES string of the molecule is CCCNC(Cc1cccs1)C1CCCCCCC1. The zero-order valence-corrected chi connectivity index (χ0v) is 13.2. The van der Waals surface area contributed by atoms with Crippen molar-refractivity contribution in [1.29, 1.82) is 0 Å². The summed E-state index contributed by atoms with van der Waals surface area (Å²) in [5.74, 6) is 0.897. The van der Waals surface area contributed by atoms with Crippen LogP contribution in [0.15, 0.2) is 17.5 Å². The number of hydrogen-bond donors (Lipinski definition) is 1. The number of rotatable bonds is 6. The van der Waals surface area contributed by atoms with Crippen LogP contribution in [-0.2, 0) is 6.42 Å². The van der Waals surface area contributed by atoms with E-state index in [0.29, 0.717) is 6.04 Å². The van der Waals surface area contributed by atoms with E-state index >= 15 is 0 Å². The predicted molar refractivity (Wildman–Crippen MR) is 85.9 cm³/mol. The van der Waals surface area contributed by atoms with E-state index in [1.165, 1.54) is 64.3 Å². The smallest absolute Gasteiger partial charge is 0.0144 e. The average Bonchev–Trinajstić information content (AvgIpc) is 2.87. The second kappa shape index (κ2) is 8.76. The van der Waals surface area contributed by atoms with Gasteiger partial charge in [0.05, 0.1) is 0 Å². The summed E-state index contributed by atoms with van der Waals surface area (Å²) in [6, 6.07) is 5.19. The van der Waals surface area contributed by atoms with Gasteiger partial charge in [-0.25, -0.2) is 0 Å². The van der Waals surface area contributed by atoms with Crippen LogP contribution in [0.2, 0.25) is 0 Å². The van der Waals surface area contributed by atoms with Crippen molar-refractivity contribution < 1.29 is 0 Å². The summed E-state index contributed by atoms with van der Waals surface area (Å²) >= 11 is 1.92. The Morgan fingerprint density at radius 2 is 1.95 bits per heavy atom. The summed E-state index contributed by atoms with van der Waals surface area (Å²) < 4.78 is 0. The minimum Gasteiger partial charge on any atom is -0.313 e. The van der Waals surface area contributed by atoms with Crippen molar-refractivity contribution >= 4 is 11.3 Å². The molecule has 19 heavy (non-hydrogen) atoms. The van der Waals surface area contributed by atoms with E-state index in [0.717, 1.165) is 5.92 Å². The van der Waals surface area contributed by atoms with Gasteiger partial charge in [0.15, 0.2) is 0 Å². The van der Waals surface area contributed by atoms with E-state index in [9.17, 15) is 0 Å². The molecule has 1 nitrogen and oxygen atoms in total. The van der Waals surface area contributed by atoms with Gasteiger partial charge in [-0.3, -0.25) is 0 Å². The van der Waals surface area contributed by atoms with Gasteiger partial charge in [-0.1, -0.05) is 45.1 Å². The molecule has 1 atom stereocenters. The fourth-order valence-corrected chi connectivity index (χ4v) is 4.04. The molecular formula is C17H29NS. The Hall–Kier alpha value is -0.340. The molecule has 0 bridgehead atoms. The first-order valence-electron chi connectivity index (χ1n) is 8.16. The standard InChI is InChI=1S/C17H29NS/c1-2-12-18-17(14-16-11-8-13-19-16)15-9-6-4-3-5-7-10-15/h8,11,13,15,17-18H,2-7,9-10,12,14H2,1H3. The molecule has 0 saturated heterocycles. The third kappa shape index (κ3) is 5.27. The van der Waals surface area contributed by atoms with Crippen molar-refractivity contribution in [2.45, 2.75) is 70.8 Å². The van der Waals surface area contributed by atoms with Crippen molar-refractivity contribution in [3.63, 3.8) is 0 Å². The molecule has 2 rings (SSSR count). The first-order chi connectivity index (χ1) is 9.40. The van der Waals surface area contributed by atoms with Crippen LogP contribution in [0.4, 0.5) is 0 Å². The lowest BCUT2D eigenvalue weighted by atomic mass is 9.84. The zero-order valence-electron chi connectivity index (χ0n) is 12.4. The lowest BCUT2D eigenvalue weighted by Gasteiger charge is -2.29. The minimum atomic E-state index is 0.705. The van der Waals surface area contributed by atoms with Crippen LogP contribution in [0.5, 0.6) is 0 Å². The average molecular weight is 279 g/mol. The molecule has 108 valence electrons. The quantitative estimate of drug-likeness (QED) is 0.771. The molecule has 1 aliphatic rings. The zero-order chi connectivity index (χ0) is 13.3. The van der Waals surface area contributed by atoms with Gasteiger partial charge >= 0.3 is 0 Å². The van der Waals surface area contributed by atoms with Gasteiger partial charge in [0, 0.05) is 10.9 Å². The van der Waals surface area contributed by atoms with E-state index < -0.39 is 0 Å². The van der Waals surface area contributed by atoms with Crippen molar-refractivity contribution in [2.75, 3.05) is 6.54 Å². The van der Waals surface area contributed by atoms with Crippen LogP contribution in [0.1, 0.15) is 63.2 Å². The lowest BCUT2D eigenvalue weighted by molar-refractivity contribution is 0.284. The van der Waals surface area contributed by atoms with Gasteiger partial charge in [-0.05, 0) is 49.6 Å². The van der Waals surface area contributed by atoms with Gasteiger partial charge in [0.1, 0.15) is 0 Å². The highest BCUT2D eigenvalue weighted by Crippen LogP contribution is 2.27. The molecule has 0 radical (unpaired) electrons. The first kappa shape index (κ1) is 15.1. The monoisotopic (exact) mass is 279 g/mol. The predicted octanol–water partition coefficient (Wildman–Crippen LogP) is 5.02. The molecular weight excluding hydrogens is 250 g/mol. The maximum absolute atomic E-state index is 3.83. The summed E-state index contributed by atoms with van der Waals surface area (Å²) in [6.45, 7) is 3.44. The fourth-order valence-electron chi connectivity index (χ4n) is 3.27. The molecule has 1 heterocycles. The molecule has 0 aliphatic heterocycles. The normalized spacial score (nSPS) is 19.8. The summed E-state index contributed by atoms with van der Waals surface area (Å²) in [5.41, 5.74) is 0. The summed E-state index contributed by atoms with van der Waals surface area (Å²) in [7, 11) is 0. The second-order valence-electron chi connectivity index (χ2n) is 5.95. The number of hydrogen-bond acceptors (Lipinski definition) is 2. The Kier molecular flexibility index (Phi) is 6.94. The van der Waals surface area contributed by atoms with E-state index in [-0.39, 0.29) is 0 Å². The van der Waals surface area contributed by atoms with Crippen molar-refractivity contribution in [3.05, 3.63) is 22.4 Å². The highest BCUT2D eigenvalue weighted by Gasteiger charge is 2.22. The summed E-state index contributed by atoms with van der Waals surface area (Å²) in [5, 5.41) is 6.04. The molecule has 0 amide bonds. The van der Waals surface area contributed by atoms with Crippen LogP contribution < -0.4 is 5.32 Å². The maximum Gasteiger partial charge on any atom is 0.0144 e. The molecule has 0 spiro atoms. The molecule has 2 heteroatoms. The Balaban J connectivity index is 1.93. The Labute approximate surface area is 122 Å². The second-order valence-corrected chi connectivity index (χ2v) is 6.98. The lowest BCUT2D eigenvalue weighted by Crippen LogP contribution is -2.38. The molecule has 1 aromatic rings. The van der Waals surface area contributed by atoms with Gasteiger partial charge in [0.25, 0.3) is 0 Å². The Morgan fingerprint density at radius 1 is 1.21 bits per heavy atom. The Bertz CT molecular complexity index is 312. The molecule has 1 aromatic heterocycles. The van der Waals surface area contributed by atoms with Crippen LogP contribution in [0, 0.1) is 5.92 Å². The highest BCUT2D eigenvalue weighted by atomic mass is 32.1. The summed E-state index contributed by atoms with van der Waals surface area (Å²) in [4.78, 5) is 1.55. The largest absolute Gasteiger partial charge is 0.313 e. The van der Waals surface area contributed by atoms with E-state index in [1.807, 2.05) is 11.3 Å². The molecule has 1 aliphatic carbocycles. The van der Waals surface area contributed by atoms with Crippen LogP contribution >= 0.6 is 11.3 Å². The van der Waals surface area contributed by atoms with Gasteiger partial charge < -0.3 is 5.32 Å². The Morgan fingerprint density at radius 3 is 2.58 bits per heavy atom. The van der Waals surface area contributed by atoms with Crippen molar-refractivity contribution in [3.8, 4) is 0 Å². The maximum atomic E-state index is 3.83. The molecule has 1 unspecified atom stereocenters. The first-order valence-corrected chi connectivity index (χ1v) is 9.04. The topological polar surface area (TPSA) is 12.0 Å². The highest BCUT2D eigenvalue weighted by molar-refractivity contribution is 7.09. The number of nitrogens with one attached hydrogen (secondary N) is 1. The third-order valence-corrected chi connectivity index (χ3v) is 5.28. The van der Waals surface area contributed by atoms with Crippen molar-refractivity contribution in [2.24, 2.45) is 5.92 Å². The molecule has 1 N–H and O–H groups in total. The van der Waals surface area contributed by atoms with Crippen LogP contribution in [0.3, 0.4) is 0 Å². The summed E-state index contributed by atoms with van der Waals surface area (Å²) in [6.07, 6.45) is 12.6. The van der Waals surface area contributed by atoms with Gasteiger partial charge in [-0.2, -0.15) is 0 Å². The van der Waals surface area contributed by atoms with Gasteiger partial charge in [-0.15, -0.1) is 11.3 Å². The van der Waals surface area contributed by atoms with Crippen LogP contribution in [0.25, 0.3) is 0 Å². The minimum absolute atomic E-state index is 0.705. The fraction of sp³-hybridized carbons (Fsp3) is 0.765. The van der Waals surface area contributed by atoms with E-state index in [1.54, 1.807) is 4.88 Å². The van der Waals surface area contributed by atoms with E-state index in [4.69, 9.17) is 0 Å². The van der Waals surface area contributed by atoms with Crippen LogP contribution in [-0.4, -0.2) is 12.6 Å². The number of thiophene rings is 1. The van der Waals surface area contributed by atoms with Gasteiger partial charge in [0.2, 0.25) is 0 Å². The molecule has 1 saturated carbocycles. The molecule has 0 aromatic carbocycles. The van der Waals surface area contributed by atoms with E-state index in [2.05, 4.69) is 29.8 Å². The van der Waals surface area contributed by atoms with Crippen molar-refractivity contribution in [1.82, 2.24) is 5.32 Å². The molecule has 1 fully saturated rings. The third-order valence-electron chi connectivity index (χ3n) is 4.38.